The lowest BCUT2D eigenvalue weighted by Crippen LogP contribution is -2.36. The molecule has 2 aromatic rings. The number of nitrogens with zero attached hydrogens (tertiary/aromatic N) is 4. The van der Waals surface area contributed by atoms with Crippen molar-refractivity contribution in [3.8, 4) is 0 Å². The predicted octanol–water partition coefficient (Wildman–Crippen LogP) is 1.54. The molecule has 106 valence electrons. The van der Waals surface area contributed by atoms with E-state index in [-0.39, 0.29) is 12.0 Å². The normalized spacial score (nSPS) is 20.8. The maximum Gasteiger partial charge on any atom is 0.162 e. The molecular formula is C13H15F2N5. The van der Waals surface area contributed by atoms with Crippen LogP contribution in [0.3, 0.4) is 0 Å². The molecule has 20 heavy (non-hydrogen) atoms. The number of halogens is 2. The molecule has 1 aromatic carbocycles. The zero-order valence-corrected chi connectivity index (χ0v) is 10.8. The van der Waals surface area contributed by atoms with Crippen LogP contribution in [0.1, 0.15) is 24.4 Å². The molecular weight excluding hydrogens is 264 g/mol. The van der Waals surface area contributed by atoms with Crippen molar-refractivity contribution in [2.24, 2.45) is 5.92 Å². The third kappa shape index (κ3) is 2.53. The molecule has 2 unspecified atom stereocenters. The maximum atomic E-state index is 14.1. The molecule has 1 aliphatic rings. The second-order valence-corrected chi connectivity index (χ2v) is 4.97. The monoisotopic (exact) mass is 279 g/mol. The van der Waals surface area contributed by atoms with E-state index >= 15 is 0 Å². The van der Waals surface area contributed by atoms with Crippen molar-refractivity contribution >= 4 is 0 Å². The maximum absolute atomic E-state index is 14.1. The average Bonchev–Trinajstić information content (AvgIpc) is 2.97. The first-order valence-corrected chi connectivity index (χ1v) is 6.64. The van der Waals surface area contributed by atoms with Crippen molar-refractivity contribution in [2.45, 2.75) is 18.9 Å². The highest BCUT2D eigenvalue weighted by atomic mass is 19.1. The Morgan fingerprint density at radius 3 is 2.90 bits per heavy atom. The molecule has 0 amide bonds. The molecule has 7 heteroatoms. The van der Waals surface area contributed by atoms with Crippen molar-refractivity contribution < 1.29 is 8.78 Å². The fourth-order valence-electron chi connectivity index (χ4n) is 2.76. The van der Waals surface area contributed by atoms with Gasteiger partial charge in [-0.2, -0.15) is 4.80 Å². The van der Waals surface area contributed by atoms with Crippen molar-refractivity contribution in [3.05, 3.63) is 41.7 Å². The van der Waals surface area contributed by atoms with E-state index < -0.39 is 11.6 Å². The Balaban J connectivity index is 2.00. The molecule has 0 bridgehead atoms. The number of hydrogen-bond donors (Lipinski definition) is 1. The molecule has 1 fully saturated rings. The summed E-state index contributed by atoms with van der Waals surface area (Å²) in [5, 5.41) is 14.9. The highest BCUT2D eigenvalue weighted by Crippen LogP contribution is 2.31. The molecule has 2 atom stereocenters. The molecule has 0 radical (unpaired) electrons. The van der Waals surface area contributed by atoms with Crippen LogP contribution >= 0.6 is 0 Å². The van der Waals surface area contributed by atoms with Crippen LogP contribution in [0.2, 0.25) is 0 Å². The van der Waals surface area contributed by atoms with Crippen LogP contribution in [0.25, 0.3) is 0 Å². The highest BCUT2D eigenvalue weighted by Gasteiger charge is 2.30. The van der Waals surface area contributed by atoms with Crippen LogP contribution < -0.4 is 5.32 Å². The SMILES string of the molecule is Fc1ccc(C(C2CCCNC2)n2ncnn2)c(F)c1. The molecule has 2 heterocycles. The minimum absolute atomic E-state index is 0.151. The fraction of sp³-hybridized carbons (Fsp3) is 0.462. The number of rotatable bonds is 3. The van der Waals surface area contributed by atoms with Gasteiger partial charge in [0.15, 0.2) is 6.33 Å². The summed E-state index contributed by atoms with van der Waals surface area (Å²) in [5.74, 6) is -1.01. The smallest absolute Gasteiger partial charge is 0.162 e. The summed E-state index contributed by atoms with van der Waals surface area (Å²) in [6.45, 7) is 1.71. The van der Waals surface area contributed by atoms with Gasteiger partial charge in [-0.05, 0) is 36.6 Å². The lowest BCUT2D eigenvalue weighted by molar-refractivity contribution is 0.256. The summed E-state index contributed by atoms with van der Waals surface area (Å²) in [4.78, 5) is 1.41. The van der Waals surface area contributed by atoms with Crippen LogP contribution in [0, 0.1) is 17.6 Å². The first kappa shape index (κ1) is 13.1. The molecule has 1 N–H and O–H groups in total. The molecule has 1 aliphatic heterocycles. The zero-order valence-electron chi connectivity index (χ0n) is 10.8. The third-order valence-electron chi connectivity index (χ3n) is 3.68. The largest absolute Gasteiger partial charge is 0.316 e. The number of tetrazole rings is 1. The van der Waals surface area contributed by atoms with Crippen LogP contribution in [0.4, 0.5) is 8.78 Å². The lowest BCUT2D eigenvalue weighted by atomic mass is 9.87. The van der Waals surface area contributed by atoms with Gasteiger partial charge in [-0.3, -0.25) is 0 Å². The van der Waals surface area contributed by atoms with Gasteiger partial charge >= 0.3 is 0 Å². The summed E-state index contributed by atoms with van der Waals surface area (Å²) in [7, 11) is 0. The topological polar surface area (TPSA) is 55.6 Å². The van der Waals surface area contributed by atoms with E-state index in [2.05, 4.69) is 20.7 Å². The van der Waals surface area contributed by atoms with Gasteiger partial charge in [-0.15, -0.1) is 10.2 Å². The van der Waals surface area contributed by atoms with E-state index in [1.807, 2.05) is 0 Å². The number of piperidine rings is 1. The Hall–Kier alpha value is -1.89. The second-order valence-electron chi connectivity index (χ2n) is 4.97. The van der Waals surface area contributed by atoms with E-state index in [9.17, 15) is 8.78 Å². The molecule has 3 rings (SSSR count). The average molecular weight is 279 g/mol. The molecule has 5 nitrogen and oxygen atoms in total. The minimum atomic E-state index is -0.585. The van der Waals surface area contributed by atoms with E-state index in [1.165, 1.54) is 23.3 Å². The van der Waals surface area contributed by atoms with Gasteiger partial charge in [0.05, 0.1) is 0 Å². The first-order valence-electron chi connectivity index (χ1n) is 6.64. The first-order chi connectivity index (χ1) is 9.75. The van der Waals surface area contributed by atoms with Gasteiger partial charge in [0.1, 0.15) is 17.7 Å². The summed E-state index contributed by atoms with van der Waals surface area (Å²) in [6, 6.07) is 3.26. The molecule has 0 spiro atoms. The van der Waals surface area contributed by atoms with Gasteiger partial charge < -0.3 is 5.32 Å². The van der Waals surface area contributed by atoms with Crippen molar-refractivity contribution in [1.29, 1.82) is 0 Å². The Bertz CT molecular complexity index is 566. The van der Waals surface area contributed by atoms with Gasteiger partial charge in [0.2, 0.25) is 0 Å². The van der Waals surface area contributed by atoms with Gasteiger partial charge in [0, 0.05) is 18.2 Å². The van der Waals surface area contributed by atoms with Crippen LogP contribution in [-0.2, 0) is 0 Å². The standard InChI is InChI=1S/C13H15F2N5/c14-10-3-4-11(12(15)6-10)13(20-18-8-17-19-20)9-2-1-5-16-7-9/h3-4,6,8-9,13,16H,1-2,5,7H2. The number of nitrogens with one attached hydrogen (secondary N) is 1. The molecule has 0 aliphatic carbocycles. The van der Waals surface area contributed by atoms with Crippen molar-refractivity contribution in [1.82, 2.24) is 25.5 Å². The molecule has 1 aromatic heterocycles. The van der Waals surface area contributed by atoms with Crippen molar-refractivity contribution in [3.63, 3.8) is 0 Å². The van der Waals surface area contributed by atoms with Gasteiger partial charge in [-0.25, -0.2) is 8.78 Å². The number of benzene rings is 1. The Labute approximate surface area is 115 Å². The Morgan fingerprint density at radius 2 is 2.25 bits per heavy atom. The Kier molecular flexibility index (Phi) is 3.68. The summed E-state index contributed by atoms with van der Waals surface area (Å²) in [5.41, 5.74) is 0.401. The summed E-state index contributed by atoms with van der Waals surface area (Å²) in [6.07, 6.45) is 3.28. The van der Waals surface area contributed by atoms with Crippen LogP contribution in [0.15, 0.2) is 24.5 Å². The highest BCUT2D eigenvalue weighted by molar-refractivity contribution is 5.23. The zero-order chi connectivity index (χ0) is 13.9. The fourth-order valence-corrected chi connectivity index (χ4v) is 2.76. The van der Waals surface area contributed by atoms with E-state index in [4.69, 9.17) is 0 Å². The minimum Gasteiger partial charge on any atom is -0.316 e. The third-order valence-corrected chi connectivity index (χ3v) is 3.68. The van der Waals surface area contributed by atoms with Crippen LogP contribution in [0.5, 0.6) is 0 Å². The van der Waals surface area contributed by atoms with Crippen LogP contribution in [-0.4, -0.2) is 33.3 Å². The number of hydrogen-bond acceptors (Lipinski definition) is 4. The van der Waals surface area contributed by atoms with E-state index in [1.54, 1.807) is 0 Å². The van der Waals surface area contributed by atoms with Crippen molar-refractivity contribution in [2.75, 3.05) is 13.1 Å². The van der Waals surface area contributed by atoms with E-state index in [0.29, 0.717) is 5.56 Å². The Morgan fingerprint density at radius 1 is 1.35 bits per heavy atom. The number of aromatic nitrogens is 4. The predicted molar refractivity (Wildman–Crippen MR) is 67.9 cm³/mol. The second kappa shape index (κ2) is 5.62. The van der Waals surface area contributed by atoms with Gasteiger partial charge in [-0.1, -0.05) is 6.07 Å². The van der Waals surface area contributed by atoms with E-state index in [0.717, 1.165) is 32.0 Å². The summed E-state index contributed by atoms with van der Waals surface area (Å²) >= 11 is 0. The molecule has 1 saturated heterocycles. The lowest BCUT2D eigenvalue weighted by Gasteiger charge is -2.30. The molecule has 0 saturated carbocycles. The van der Waals surface area contributed by atoms with Gasteiger partial charge in [0.25, 0.3) is 0 Å². The quantitative estimate of drug-likeness (QED) is 0.926. The summed E-state index contributed by atoms with van der Waals surface area (Å²) < 4.78 is 27.2.